The van der Waals surface area contributed by atoms with Crippen LogP contribution in [0.1, 0.15) is 20.8 Å². The van der Waals surface area contributed by atoms with Crippen molar-refractivity contribution >= 4 is 33.2 Å². The van der Waals surface area contributed by atoms with E-state index in [4.69, 9.17) is 0 Å². The van der Waals surface area contributed by atoms with Gasteiger partial charge in [0.05, 0.1) is 18.4 Å². The third kappa shape index (κ3) is 4.24. The molecule has 1 saturated heterocycles. The fourth-order valence-electron chi connectivity index (χ4n) is 3.26. The monoisotopic (exact) mass is 460 g/mol. The molecule has 162 valence electrons. The van der Waals surface area contributed by atoms with Crippen LogP contribution in [0.25, 0.3) is 5.69 Å². The van der Waals surface area contributed by atoms with Crippen molar-refractivity contribution in [1.29, 1.82) is 0 Å². The van der Waals surface area contributed by atoms with Gasteiger partial charge in [-0.3, -0.25) is 4.79 Å². The molecule has 1 amide bonds. The average Bonchev–Trinajstić information content (AvgIpc) is 3.49. The number of piperazine rings is 1. The number of aromatic nitrogens is 2. The molecule has 0 saturated carbocycles. The molecule has 4 rings (SSSR count). The molecule has 2 aromatic heterocycles. The molecule has 0 radical (unpaired) electrons. The lowest BCUT2D eigenvalue weighted by Crippen LogP contribution is -2.50. The minimum atomic E-state index is -3.74. The maximum atomic E-state index is 12.9. The number of nitrogens with zero attached hydrogens (tertiary/aromatic N) is 4. The second kappa shape index (κ2) is 8.61. The van der Waals surface area contributed by atoms with Crippen molar-refractivity contribution in [3.05, 3.63) is 65.3 Å². The minimum Gasteiger partial charge on any atom is -0.465 e. The highest BCUT2D eigenvalue weighted by Crippen LogP contribution is 2.25. The largest absolute Gasteiger partial charge is 0.465 e. The van der Waals surface area contributed by atoms with E-state index >= 15 is 0 Å². The van der Waals surface area contributed by atoms with Crippen LogP contribution in [0.15, 0.2) is 58.3 Å². The number of para-hydroxylation sites is 1. The SMILES string of the molecule is COC(=O)c1csc(S(=O)(=O)N2CCN(C(=O)c3ccn(-c4ccccc4)n3)CC2)c1. The van der Waals surface area contributed by atoms with Gasteiger partial charge in [-0.2, -0.15) is 9.40 Å². The maximum Gasteiger partial charge on any atom is 0.338 e. The Bertz CT molecular complexity index is 1200. The number of benzene rings is 1. The third-order valence-electron chi connectivity index (χ3n) is 4.95. The van der Waals surface area contributed by atoms with Crippen molar-refractivity contribution in [1.82, 2.24) is 19.0 Å². The van der Waals surface area contributed by atoms with E-state index < -0.39 is 16.0 Å². The van der Waals surface area contributed by atoms with Crippen molar-refractivity contribution in [2.24, 2.45) is 0 Å². The molecule has 9 nitrogen and oxygen atoms in total. The number of rotatable bonds is 5. The van der Waals surface area contributed by atoms with E-state index in [0.717, 1.165) is 17.0 Å². The predicted molar refractivity (Wildman–Crippen MR) is 114 cm³/mol. The lowest BCUT2D eigenvalue weighted by molar-refractivity contribution is 0.0600. The van der Waals surface area contributed by atoms with Gasteiger partial charge >= 0.3 is 5.97 Å². The van der Waals surface area contributed by atoms with Crippen LogP contribution in [0.3, 0.4) is 0 Å². The van der Waals surface area contributed by atoms with Gasteiger partial charge < -0.3 is 9.64 Å². The topological polar surface area (TPSA) is 102 Å². The molecule has 1 aromatic carbocycles. The maximum absolute atomic E-state index is 12.9. The first-order valence-corrected chi connectivity index (χ1v) is 11.8. The van der Waals surface area contributed by atoms with Crippen LogP contribution in [0.4, 0.5) is 0 Å². The zero-order valence-corrected chi connectivity index (χ0v) is 18.3. The zero-order valence-electron chi connectivity index (χ0n) is 16.7. The predicted octanol–water partition coefficient (Wildman–Crippen LogP) is 1.87. The van der Waals surface area contributed by atoms with Gasteiger partial charge in [0.15, 0.2) is 5.69 Å². The fraction of sp³-hybridized carbons (Fsp3) is 0.250. The fourth-order valence-corrected chi connectivity index (χ4v) is 5.98. The second-order valence-electron chi connectivity index (χ2n) is 6.82. The number of ether oxygens (including phenoxy) is 1. The van der Waals surface area contributed by atoms with E-state index in [1.54, 1.807) is 21.8 Å². The quantitative estimate of drug-likeness (QED) is 0.539. The summed E-state index contributed by atoms with van der Waals surface area (Å²) in [7, 11) is -2.50. The summed E-state index contributed by atoms with van der Waals surface area (Å²) < 4.78 is 33.4. The van der Waals surface area contributed by atoms with Crippen LogP contribution in [0.2, 0.25) is 0 Å². The highest BCUT2D eigenvalue weighted by molar-refractivity contribution is 7.91. The second-order valence-corrected chi connectivity index (χ2v) is 9.90. The Hall–Kier alpha value is -3.02. The lowest BCUT2D eigenvalue weighted by Gasteiger charge is -2.33. The van der Waals surface area contributed by atoms with E-state index in [1.165, 1.54) is 22.9 Å². The minimum absolute atomic E-state index is 0.0780. The number of carbonyl (C=O) groups excluding carboxylic acids is 2. The first kappa shape index (κ1) is 21.2. The molecular weight excluding hydrogens is 440 g/mol. The molecule has 31 heavy (non-hydrogen) atoms. The standard InChI is InChI=1S/C20H20N4O5S2/c1-29-20(26)15-13-18(30-14-15)31(27,28)23-11-9-22(10-12-23)19(25)17-7-8-24(21-17)16-5-3-2-4-6-16/h2-8,13-14H,9-12H2,1H3. The molecule has 1 fully saturated rings. The summed E-state index contributed by atoms with van der Waals surface area (Å²) in [4.78, 5) is 26.0. The summed E-state index contributed by atoms with van der Waals surface area (Å²) in [5, 5.41) is 5.81. The average molecular weight is 461 g/mol. The van der Waals surface area contributed by atoms with Gasteiger partial charge in [0.1, 0.15) is 4.21 Å². The summed E-state index contributed by atoms with van der Waals surface area (Å²) in [5.74, 6) is -0.820. The highest BCUT2D eigenvalue weighted by Gasteiger charge is 2.32. The van der Waals surface area contributed by atoms with Crippen molar-refractivity contribution in [3.8, 4) is 5.69 Å². The number of hydrogen-bond donors (Lipinski definition) is 0. The summed E-state index contributed by atoms with van der Waals surface area (Å²) in [6.07, 6.45) is 1.72. The molecule has 11 heteroatoms. The summed E-state index contributed by atoms with van der Waals surface area (Å²) >= 11 is 0.975. The molecule has 0 unspecified atom stereocenters. The zero-order chi connectivity index (χ0) is 22.0. The van der Waals surface area contributed by atoms with Crippen LogP contribution in [0.5, 0.6) is 0 Å². The first-order chi connectivity index (χ1) is 14.9. The number of esters is 1. The number of carbonyl (C=O) groups is 2. The normalized spacial score (nSPS) is 15.1. The Morgan fingerprint density at radius 2 is 1.77 bits per heavy atom. The van der Waals surface area contributed by atoms with Crippen LogP contribution in [0, 0.1) is 0 Å². The van der Waals surface area contributed by atoms with Gasteiger partial charge in [0.25, 0.3) is 15.9 Å². The Labute approximate surface area is 183 Å². The van der Waals surface area contributed by atoms with Gasteiger partial charge in [-0.05, 0) is 24.3 Å². The third-order valence-corrected chi connectivity index (χ3v) is 8.26. The van der Waals surface area contributed by atoms with E-state index in [2.05, 4.69) is 9.84 Å². The molecule has 0 spiro atoms. The van der Waals surface area contributed by atoms with Crippen LogP contribution >= 0.6 is 11.3 Å². The number of thiophene rings is 1. The molecule has 0 bridgehead atoms. The van der Waals surface area contributed by atoms with Gasteiger partial charge in [-0.25, -0.2) is 17.9 Å². The molecule has 3 aromatic rings. The Balaban J connectivity index is 1.41. The molecule has 1 aliphatic rings. The van der Waals surface area contributed by atoms with Crippen molar-refractivity contribution < 1.29 is 22.7 Å². The lowest BCUT2D eigenvalue weighted by atomic mass is 10.3. The number of amides is 1. The van der Waals surface area contributed by atoms with Crippen molar-refractivity contribution in [2.75, 3.05) is 33.3 Å². The number of hydrogen-bond acceptors (Lipinski definition) is 7. The van der Waals surface area contributed by atoms with Gasteiger partial charge in [0.2, 0.25) is 0 Å². The summed E-state index contributed by atoms with van der Waals surface area (Å²) in [5.41, 5.74) is 1.36. The van der Waals surface area contributed by atoms with E-state index in [9.17, 15) is 18.0 Å². The number of methoxy groups -OCH3 is 1. The van der Waals surface area contributed by atoms with Gasteiger partial charge in [0, 0.05) is 37.8 Å². The van der Waals surface area contributed by atoms with Gasteiger partial charge in [-0.15, -0.1) is 11.3 Å². The van der Waals surface area contributed by atoms with Gasteiger partial charge in [-0.1, -0.05) is 18.2 Å². The molecule has 3 heterocycles. The van der Waals surface area contributed by atoms with Crippen molar-refractivity contribution in [2.45, 2.75) is 4.21 Å². The molecule has 0 N–H and O–H groups in total. The number of sulfonamides is 1. The highest BCUT2D eigenvalue weighted by atomic mass is 32.2. The molecule has 1 aliphatic heterocycles. The summed E-state index contributed by atoms with van der Waals surface area (Å²) in [6.45, 7) is 0.842. The van der Waals surface area contributed by atoms with E-state index in [0.29, 0.717) is 5.69 Å². The molecule has 0 aliphatic carbocycles. The Morgan fingerprint density at radius 1 is 1.06 bits per heavy atom. The Morgan fingerprint density at radius 3 is 2.45 bits per heavy atom. The van der Waals surface area contributed by atoms with Crippen LogP contribution in [-0.2, 0) is 14.8 Å². The van der Waals surface area contributed by atoms with Crippen LogP contribution in [-0.4, -0.2) is 72.6 Å². The van der Waals surface area contributed by atoms with E-state index in [1.807, 2.05) is 30.3 Å². The Kier molecular flexibility index (Phi) is 5.90. The summed E-state index contributed by atoms with van der Waals surface area (Å²) in [6, 6.07) is 12.4. The van der Waals surface area contributed by atoms with E-state index in [-0.39, 0.29) is 41.9 Å². The van der Waals surface area contributed by atoms with Crippen LogP contribution < -0.4 is 0 Å². The smallest absolute Gasteiger partial charge is 0.338 e. The first-order valence-electron chi connectivity index (χ1n) is 9.47. The van der Waals surface area contributed by atoms with Crippen molar-refractivity contribution in [3.63, 3.8) is 0 Å². The molecular formula is C20H20N4O5S2. The molecule has 0 atom stereocenters.